The van der Waals surface area contributed by atoms with Gasteiger partial charge in [0.25, 0.3) is 5.91 Å². The van der Waals surface area contributed by atoms with E-state index in [1.807, 2.05) is 12.3 Å². The lowest BCUT2D eigenvalue weighted by molar-refractivity contribution is -0.139. The smallest absolute Gasteiger partial charge is 0.326 e. The van der Waals surface area contributed by atoms with Crippen molar-refractivity contribution in [2.45, 2.75) is 19.1 Å². The molecule has 0 aromatic heterocycles. The Morgan fingerprint density at radius 1 is 1.45 bits per heavy atom. The Bertz CT molecular complexity index is 464. The summed E-state index contributed by atoms with van der Waals surface area (Å²) < 4.78 is 5.01. The number of rotatable bonds is 8. The summed E-state index contributed by atoms with van der Waals surface area (Å²) in [7, 11) is 1.58. The molecule has 5 nitrogen and oxygen atoms in total. The summed E-state index contributed by atoms with van der Waals surface area (Å²) in [6.07, 6.45) is 2.30. The molecule has 1 rings (SSSR count). The number of carboxylic acids is 1. The van der Waals surface area contributed by atoms with E-state index >= 15 is 0 Å². The number of methoxy groups -OCH3 is 1. The zero-order valence-corrected chi connectivity index (χ0v) is 12.4. The molecule has 0 aliphatic heterocycles. The molecule has 0 radical (unpaired) electrons. The Labute approximate surface area is 122 Å². The second kappa shape index (κ2) is 8.60. The summed E-state index contributed by atoms with van der Waals surface area (Å²) in [6.45, 7) is 0.413. The fourth-order valence-electron chi connectivity index (χ4n) is 1.70. The third-order valence-electron chi connectivity index (χ3n) is 2.71. The molecule has 0 aliphatic carbocycles. The summed E-state index contributed by atoms with van der Waals surface area (Å²) in [5.41, 5.74) is 1.31. The standard InChI is InChI=1S/C14H19NO4S/c1-19-9-10-4-3-5-11(8-10)13(16)15-12(14(17)18)6-7-20-2/h3-5,8,12H,6-7,9H2,1-2H3,(H,15,16)(H,17,18)/t12-/m1/s1. The quantitative estimate of drug-likeness (QED) is 0.765. The molecule has 6 heteroatoms. The molecule has 0 unspecified atom stereocenters. The van der Waals surface area contributed by atoms with Gasteiger partial charge in [-0.15, -0.1) is 0 Å². The van der Waals surface area contributed by atoms with Crippen LogP contribution in [0.2, 0.25) is 0 Å². The van der Waals surface area contributed by atoms with Crippen LogP contribution < -0.4 is 5.32 Å². The summed E-state index contributed by atoms with van der Waals surface area (Å²) in [5.74, 6) is -0.710. The number of benzene rings is 1. The predicted octanol–water partition coefficient (Wildman–Crippen LogP) is 1.77. The van der Waals surface area contributed by atoms with Crippen LogP contribution >= 0.6 is 11.8 Å². The molecule has 0 heterocycles. The number of ether oxygens (including phenoxy) is 1. The van der Waals surface area contributed by atoms with Gasteiger partial charge >= 0.3 is 5.97 Å². The molecule has 0 spiro atoms. The highest BCUT2D eigenvalue weighted by molar-refractivity contribution is 7.98. The van der Waals surface area contributed by atoms with Crippen LogP contribution in [0.5, 0.6) is 0 Å². The van der Waals surface area contributed by atoms with E-state index in [1.54, 1.807) is 37.1 Å². The molecule has 0 fully saturated rings. The topological polar surface area (TPSA) is 75.6 Å². The van der Waals surface area contributed by atoms with Gasteiger partial charge in [-0.25, -0.2) is 4.79 Å². The lowest BCUT2D eigenvalue weighted by atomic mass is 10.1. The van der Waals surface area contributed by atoms with Crippen molar-refractivity contribution < 1.29 is 19.4 Å². The summed E-state index contributed by atoms with van der Waals surface area (Å²) in [4.78, 5) is 23.2. The minimum Gasteiger partial charge on any atom is -0.480 e. The normalized spacial score (nSPS) is 11.9. The number of carboxylic acid groups (broad SMARTS) is 1. The van der Waals surface area contributed by atoms with Crippen molar-refractivity contribution in [3.05, 3.63) is 35.4 Å². The average Bonchev–Trinajstić information content (AvgIpc) is 2.43. The van der Waals surface area contributed by atoms with Crippen molar-refractivity contribution in [2.75, 3.05) is 19.1 Å². The van der Waals surface area contributed by atoms with E-state index in [-0.39, 0.29) is 5.91 Å². The third-order valence-corrected chi connectivity index (χ3v) is 3.36. The van der Waals surface area contributed by atoms with E-state index in [0.29, 0.717) is 24.3 Å². The number of amides is 1. The first-order chi connectivity index (χ1) is 9.58. The van der Waals surface area contributed by atoms with Gasteiger partial charge in [0, 0.05) is 12.7 Å². The first-order valence-electron chi connectivity index (χ1n) is 6.19. The first-order valence-corrected chi connectivity index (χ1v) is 7.58. The Kier molecular flexibility index (Phi) is 7.11. The second-order valence-electron chi connectivity index (χ2n) is 4.28. The molecule has 110 valence electrons. The van der Waals surface area contributed by atoms with Gasteiger partial charge in [0.05, 0.1) is 6.61 Å². The number of carbonyl (C=O) groups excluding carboxylic acids is 1. The molecule has 1 aromatic rings. The Morgan fingerprint density at radius 3 is 2.80 bits per heavy atom. The average molecular weight is 297 g/mol. The van der Waals surface area contributed by atoms with Crippen molar-refractivity contribution in [1.82, 2.24) is 5.32 Å². The fraction of sp³-hybridized carbons (Fsp3) is 0.429. The van der Waals surface area contributed by atoms with Gasteiger partial charge in [-0.3, -0.25) is 4.79 Å². The van der Waals surface area contributed by atoms with Crippen LogP contribution in [0.25, 0.3) is 0 Å². The summed E-state index contributed by atoms with van der Waals surface area (Å²) in [5, 5.41) is 11.6. The van der Waals surface area contributed by atoms with E-state index in [4.69, 9.17) is 9.84 Å². The largest absolute Gasteiger partial charge is 0.480 e. The van der Waals surface area contributed by atoms with Crippen LogP contribution in [0.1, 0.15) is 22.3 Å². The highest BCUT2D eigenvalue weighted by Crippen LogP contribution is 2.08. The molecule has 0 aliphatic rings. The number of hydrogen-bond donors (Lipinski definition) is 2. The molecular weight excluding hydrogens is 278 g/mol. The van der Waals surface area contributed by atoms with Crippen LogP contribution in [-0.2, 0) is 16.1 Å². The Hall–Kier alpha value is -1.53. The monoisotopic (exact) mass is 297 g/mol. The molecule has 1 atom stereocenters. The predicted molar refractivity (Wildman–Crippen MR) is 79.0 cm³/mol. The first kappa shape index (κ1) is 16.5. The van der Waals surface area contributed by atoms with Crippen molar-refractivity contribution in [3.8, 4) is 0 Å². The van der Waals surface area contributed by atoms with E-state index in [9.17, 15) is 9.59 Å². The molecule has 1 aromatic carbocycles. The maximum absolute atomic E-state index is 12.1. The minimum atomic E-state index is -1.01. The Morgan fingerprint density at radius 2 is 2.20 bits per heavy atom. The van der Waals surface area contributed by atoms with Gasteiger partial charge in [-0.2, -0.15) is 11.8 Å². The number of hydrogen-bond acceptors (Lipinski definition) is 4. The van der Waals surface area contributed by atoms with Gasteiger partial charge in [-0.1, -0.05) is 12.1 Å². The Balaban J connectivity index is 2.72. The zero-order valence-electron chi connectivity index (χ0n) is 11.6. The number of thioether (sulfide) groups is 1. The van der Waals surface area contributed by atoms with Gasteiger partial charge in [-0.05, 0) is 36.1 Å². The highest BCUT2D eigenvalue weighted by Gasteiger charge is 2.20. The van der Waals surface area contributed by atoms with Crippen LogP contribution in [0.15, 0.2) is 24.3 Å². The zero-order chi connectivity index (χ0) is 15.0. The molecule has 20 heavy (non-hydrogen) atoms. The molecule has 1 amide bonds. The maximum Gasteiger partial charge on any atom is 0.326 e. The highest BCUT2D eigenvalue weighted by atomic mass is 32.2. The van der Waals surface area contributed by atoms with Crippen molar-refractivity contribution in [1.29, 1.82) is 0 Å². The van der Waals surface area contributed by atoms with Crippen LogP contribution in [0, 0.1) is 0 Å². The molecular formula is C14H19NO4S. The molecule has 0 saturated carbocycles. The van der Waals surface area contributed by atoms with E-state index in [2.05, 4.69) is 5.32 Å². The lowest BCUT2D eigenvalue weighted by Gasteiger charge is -2.14. The molecule has 0 saturated heterocycles. The van der Waals surface area contributed by atoms with E-state index in [1.165, 1.54) is 0 Å². The van der Waals surface area contributed by atoms with Gasteiger partial charge < -0.3 is 15.2 Å². The third kappa shape index (κ3) is 5.22. The summed E-state index contributed by atoms with van der Waals surface area (Å²) in [6, 6.07) is 6.10. The van der Waals surface area contributed by atoms with Gasteiger partial charge in [0.1, 0.15) is 6.04 Å². The molecule has 0 bridgehead atoms. The minimum absolute atomic E-state index is 0.378. The van der Waals surface area contributed by atoms with E-state index < -0.39 is 12.0 Å². The van der Waals surface area contributed by atoms with Crippen molar-refractivity contribution in [2.24, 2.45) is 0 Å². The fourth-order valence-corrected chi connectivity index (χ4v) is 2.18. The SMILES string of the molecule is COCc1cccc(C(=O)N[C@H](CCSC)C(=O)O)c1. The van der Waals surface area contributed by atoms with Gasteiger partial charge in [0.15, 0.2) is 0 Å². The number of carbonyl (C=O) groups is 2. The van der Waals surface area contributed by atoms with Crippen LogP contribution in [-0.4, -0.2) is 42.1 Å². The van der Waals surface area contributed by atoms with Gasteiger partial charge in [0.2, 0.25) is 0 Å². The number of aliphatic carboxylic acids is 1. The second-order valence-corrected chi connectivity index (χ2v) is 5.26. The number of nitrogens with one attached hydrogen (secondary N) is 1. The van der Waals surface area contributed by atoms with E-state index in [0.717, 1.165) is 5.56 Å². The van der Waals surface area contributed by atoms with Crippen LogP contribution in [0.3, 0.4) is 0 Å². The lowest BCUT2D eigenvalue weighted by Crippen LogP contribution is -2.41. The van der Waals surface area contributed by atoms with Crippen LogP contribution in [0.4, 0.5) is 0 Å². The van der Waals surface area contributed by atoms with Crippen molar-refractivity contribution >= 4 is 23.6 Å². The van der Waals surface area contributed by atoms with Crippen molar-refractivity contribution in [3.63, 3.8) is 0 Å². The summed E-state index contributed by atoms with van der Waals surface area (Å²) >= 11 is 1.55. The molecule has 2 N–H and O–H groups in total. The maximum atomic E-state index is 12.1.